The Bertz CT molecular complexity index is 975. The lowest BCUT2D eigenvalue weighted by Gasteiger charge is -2.12. The van der Waals surface area contributed by atoms with Crippen LogP contribution in [0.3, 0.4) is 0 Å². The molecule has 9 heteroatoms. The predicted molar refractivity (Wildman–Crippen MR) is 117 cm³/mol. The summed E-state index contributed by atoms with van der Waals surface area (Å²) in [7, 11) is 1.47. The molecule has 2 N–H and O–H groups in total. The molecule has 0 aliphatic carbocycles. The van der Waals surface area contributed by atoms with E-state index in [4.69, 9.17) is 16.3 Å². The van der Waals surface area contributed by atoms with Crippen LogP contribution in [0.4, 0.5) is 17.1 Å². The van der Waals surface area contributed by atoms with E-state index in [0.717, 1.165) is 12.8 Å². The van der Waals surface area contributed by atoms with Crippen LogP contribution in [-0.4, -0.2) is 23.8 Å². The number of hydrogen-bond acceptors (Lipinski definition) is 5. The number of nitro groups is 1. The van der Waals surface area contributed by atoms with E-state index in [1.54, 1.807) is 24.3 Å². The van der Waals surface area contributed by atoms with E-state index < -0.39 is 10.8 Å². The van der Waals surface area contributed by atoms with Gasteiger partial charge in [-0.15, -0.1) is 0 Å². The molecule has 8 nitrogen and oxygen atoms in total. The Balaban J connectivity index is 2.06. The van der Waals surface area contributed by atoms with Crippen molar-refractivity contribution >= 4 is 46.6 Å². The zero-order chi connectivity index (χ0) is 22.1. The summed E-state index contributed by atoms with van der Waals surface area (Å²) in [6.45, 7) is 2.01. The summed E-state index contributed by atoms with van der Waals surface area (Å²) >= 11 is 5.78. The molecule has 0 radical (unpaired) electrons. The quantitative estimate of drug-likeness (QED) is 0.328. The molecule has 2 amide bonds. The maximum Gasteiger partial charge on any atom is 0.288 e. The Hall–Kier alpha value is -3.39. The summed E-state index contributed by atoms with van der Waals surface area (Å²) in [5, 5.41) is 16.4. The molecule has 0 unspecified atom stereocenters. The number of nitrogens with zero attached hydrogens (tertiary/aromatic N) is 1. The van der Waals surface area contributed by atoms with Crippen LogP contribution in [-0.2, 0) is 9.59 Å². The fourth-order valence-corrected chi connectivity index (χ4v) is 2.74. The Labute approximate surface area is 179 Å². The SMILES string of the molecule is CCCCC(=O)Nc1ccc(NC(=O)C=Cc2ccc(Cl)c([N+](=O)[O-])c2)cc1OC. The van der Waals surface area contributed by atoms with Crippen LogP contribution < -0.4 is 15.4 Å². The van der Waals surface area contributed by atoms with Gasteiger partial charge in [0.05, 0.1) is 17.7 Å². The van der Waals surface area contributed by atoms with E-state index >= 15 is 0 Å². The second-order valence-electron chi connectivity index (χ2n) is 6.36. The Morgan fingerprint density at radius 3 is 2.63 bits per heavy atom. The predicted octanol–water partition coefficient (Wildman–Crippen LogP) is 5.04. The molecule has 0 saturated carbocycles. The Kier molecular flexibility index (Phi) is 8.37. The lowest BCUT2D eigenvalue weighted by atomic mass is 10.2. The molecule has 0 aliphatic rings. The van der Waals surface area contributed by atoms with Gasteiger partial charge in [0.25, 0.3) is 5.69 Å². The van der Waals surface area contributed by atoms with Gasteiger partial charge in [-0.25, -0.2) is 0 Å². The third-order valence-corrected chi connectivity index (χ3v) is 4.41. The number of amides is 2. The van der Waals surface area contributed by atoms with Gasteiger partial charge in [0.1, 0.15) is 10.8 Å². The van der Waals surface area contributed by atoms with Gasteiger partial charge in [0.15, 0.2) is 0 Å². The maximum absolute atomic E-state index is 12.2. The van der Waals surface area contributed by atoms with Crippen molar-refractivity contribution in [2.75, 3.05) is 17.7 Å². The highest BCUT2D eigenvalue weighted by molar-refractivity contribution is 6.32. The number of unbranched alkanes of at least 4 members (excludes halogenated alkanes) is 1. The second-order valence-corrected chi connectivity index (χ2v) is 6.76. The fourth-order valence-electron chi connectivity index (χ4n) is 2.55. The summed E-state index contributed by atoms with van der Waals surface area (Å²) in [5.74, 6) is -0.128. The number of methoxy groups -OCH3 is 1. The number of benzene rings is 2. The van der Waals surface area contributed by atoms with Gasteiger partial charge in [0.2, 0.25) is 11.8 Å². The minimum absolute atomic E-state index is 0.0237. The van der Waals surface area contributed by atoms with Crippen LogP contribution in [0.5, 0.6) is 5.75 Å². The molecule has 0 heterocycles. The largest absolute Gasteiger partial charge is 0.494 e. The van der Waals surface area contributed by atoms with E-state index in [1.165, 1.54) is 31.4 Å². The summed E-state index contributed by atoms with van der Waals surface area (Å²) < 4.78 is 5.29. The van der Waals surface area contributed by atoms with Crippen LogP contribution in [0.25, 0.3) is 6.08 Å². The molecule has 30 heavy (non-hydrogen) atoms. The number of halogens is 1. The van der Waals surface area contributed by atoms with E-state index in [1.807, 2.05) is 6.92 Å². The second kappa shape index (κ2) is 11.0. The summed E-state index contributed by atoms with van der Waals surface area (Å²) in [5.41, 5.74) is 1.21. The molecule has 158 valence electrons. The monoisotopic (exact) mass is 431 g/mol. The van der Waals surface area contributed by atoms with Crippen LogP contribution in [0, 0.1) is 10.1 Å². The first-order valence-electron chi connectivity index (χ1n) is 9.25. The minimum atomic E-state index is -0.589. The number of nitrogens with one attached hydrogen (secondary N) is 2. The summed E-state index contributed by atoms with van der Waals surface area (Å²) in [6, 6.07) is 9.12. The normalized spacial score (nSPS) is 10.6. The highest BCUT2D eigenvalue weighted by Gasteiger charge is 2.12. The first kappa shape index (κ1) is 22.9. The number of carbonyl (C=O) groups excluding carboxylic acids is 2. The standard InChI is InChI=1S/C21H22ClN3O5/c1-3-4-5-20(26)24-17-10-8-15(13-19(17)30-2)23-21(27)11-7-14-6-9-16(22)18(12-14)25(28)29/h6-13H,3-5H2,1-2H3,(H,23,27)(H,24,26). The molecule has 0 fully saturated rings. The third-order valence-electron chi connectivity index (χ3n) is 4.09. The first-order valence-corrected chi connectivity index (χ1v) is 9.62. The van der Waals surface area contributed by atoms with Gasteiger partial charge in [-0.1, -0.05) is 31.0 Å². The van der Waals surface area contributed by atoms with Crippen LogP contribution in [0.2, 0.25) is 5.02 Å². The van der Waals surface area contributed by atoms with E-state index in [-0.39, 0.29) is 16.6 Å². The zero-order valence-corrected chi connectivity index (χ0v) is 17.4. The maximum atomic E-state index is 12.2. The number of nitro benzene ring substituents is 1. The Morgan fingerprint density at radius 1 is 1.20 bits per heavy atom. The lowest BCUT2D eigenvalue weighted by Crippen LogP contribution is -2.12. The van der Waals surface area contributed by atoms with Gasteiger partial charge in [-0.05, 0) is 36.3 Å². The molecule has 0 spiro atoms. The highest BCUT2D eigenvalue weighted by Crippen LogP contribution is 2.28. The van der Waals surface area contributed by atoms with Crippen molar-refractivity contribution in [3.8, 4) is 5.75 Å². The molecular weight excluding hydrogens is 410 g/mol. The van der Waals surface area contributed by atoms with Crippen molar-refractivity contribution in [2.24, 2.45) is 0 Å². The van der Waals surface area contributed by atoms with Crippen molar-refractivity contribution in [2.45, 2.75) is 26.2 Å². The molecule has 0 atom stereocenters. The fraction of sp³-hybridized carbons (Fsp3) is 0.238. The van der Waals surface area contributed by atoms with Gasteiger partial charge >= 0.3 is 0 Å². The average molecular weight is 432 g/mol. The molecule has 2 rings (SSSR count). The van der Waals surface area contributed by atoms with E-state index in [0.29, 0.717) is 29.1 Å². The number of rotatable bonds is 9. The minimum Gasteiger partial charge on any atom is -0.494 e. The van der Waals surface area contributed by atoms with Crippen molar-refractivity contribution in [1.82, 2.24) is 0 Å². The molecule has 0 saturated heterocycles. The van der Waals surface area contributed by atoms with E-state index in [9.17, 15) is 19.7 Å². The van der Waals surface area contributed by atoms with Gasteiger partial charge in [0, 0.05) is 30.3 Å². The summed E-state index contributed by atoms with van der Waals surface area (Å²) in [6.07, 6.45) is 4.84. The van der Waals surface area contributed by atoms with Gasteiger partial charge in [-0.3, -0.25) is 19.7 Å². The van der Waals surface area contributed by atoms with Crippen molar-refractivity contribution in [1.29, 1.82) is 0 Å². The number of carbonyl (C=O) groups is 2. The molecule has 2 aromatic rings. The third kappa shape index (κ3) is 6.59. The number of anilines is 2. The first-order chi connectivity index (χ1) is 14.3. The molecular formula is C21H22ClN3O5. The van der Waals surface area contributed by atoms with Crippen molar-refractivity contribution in [3.63, 3.8) is 0 Å². The lowest BCUT2D eigenvalue weighted by molar-refractivity contribution is -0.384. The highest BCUT2D eigenvalue weighted by atomic mass is 35.5. The molecule has 0 bridgehead atoms. The number of ether oxygens (including phenoxy) is 1. The van der Waals surface area contributed by atoms with Crippen LogP contribution in [0.15, 0.2) is 42.5 Å². The molecule has 0 aliphatic heterocycles. The molecule has 0 aromatic heterocycles. The number of hydrogen-bond donors (Lipinski definition) is 2. The van der Waals surface area contributed by atoms with Crippen molar-refractivity contribution in [3.05, 3.63) is 63.2 Å². The van der Waals surface area contributed by atoms with Crippen LogP contribution >= 0.6 is 11.6 Å². The van der Waals surface area contributed by atoms with E-state index in [2.05, 4.69) is 10.6 Å². The average Bonchev–Trinajstić information content (AvgIpc) is 2.72. The Morgan fingerprint density at radius 2 is 1.97 bits per heavy atom. The van der Waals surface area contributed by atoms with Crippen LogP contribution in [0.1, 0.15) is 31.7 Å². The smallest absolute Gasteiger partial charge is 0.288 e. The van der Waals surface area contributed by atoms with Gasteiger partial charge < -0.3 is 15.4 Å². The van der Waals surface area contributed by atoms with Gasteiger partial charge in [-0.2, -0.15) is 0 Å². The zero-order valence-electron chi connectivity index (χ0n) is 16.6. The topological polar surface area (TPSA) is 111 Å². The summed E-state index contributed by atoms with van der Waals surface area (Å²) in [4.78, 5) is 34.4. The van der Waals surface area contributed by atoms with Crippen molar-refractivity contribution < 1.29 is 19.2 Å². The molecule has 2 aromatic carbocycles.